The van der Waals surface area contributed by atoms with Crippen LogP contribution >= 0.6 is 0 Å². The molecule has 0 atom stereocenters. The Balaban J connectivity index is 1.70. The van der Waals surface area contributed by atoms with E-state index >= 15 is 0 Å². The summed E-state index contributed by atoms with van der Waals surface area (Å²) in [6, 6.07) is 29.3. The van der Waals surface area contributed by atoms with Crippen molar-refractivity contribution in [2.24, 2.45) is 0 Å². The van der Waals surface area contributed by atoms with Crippen molar-refractivity contribution in [3.8, 4) is 5.75 Å². The van der Waals surface area contributed by atoms with Gasteiger partial charge in [-0.2, -0.15) is 0 Å². The van der Waals surface area contributed by atoms with Crippen LogP contribution in [0.1, 0.15) is 11.1 Å². The predicted molar refractivity (Wildman–Crippen MR) is 111 cm³/mol. The lowest BCUT2D eigenvalue weighted by Gasteiger charge is -2.26. The highest BCUT2D eigenvalue weighted by atomic mass is 16.5. The first kappa shape index (κ1) is 17.1. The van der Waals surface area contributed by atoms with Crippen LogP contribution in [0, 0.1) is 0 Å². The summed E-state index contributed by atoms with van der Waals surface area (Å²) < 4.78 is 5.31. The summed E-state index contributed by atoms with van der Waals surface area (Å²) in [5, 5.41) is 1.17. The van der Waals surface area contributed by atoms with Crippen LogP contribution < -0.4 is 9.64 Å². The molecule has 0 saturated carbocycles. The van der Waals surface area contributed by atoms with E-state index in [-0.39, 0.29) is 0 Å². The number of benzene rings is 3. The summed E-state index contributed by atoms with van der Waals surface area (Å²) in [5.74, 6) is 0.866. The van der Waals surface area contributed by atoms with Crippen LogP contribution in [-0.2, 0) is 13.1 Å². The molecular weight excluding hydrogens is 332 g/mol. The second-order valence-corrected chi connectivity index (χ2v) is 6.53. The van der Waals surface area contributed by atoms with Crippen LogP contribution in [0.15, 0.2) is 91.1 Å². The van der Waals surface area contributed by atoms with Gasteiger partial charge in [0, 0.05) is 30.4 Å². The van der Waals surface area contributed by atoms with Crippen molar-refractivity contribution >= 4 is 16.6 Å². The summed E-state index contributed by atoms with van der Waals surface area (Å²) in [4.78, 5) is 6.99. The van der Waals surface area contributed by atoms with E-state index in [9.17, 15) is 0 Å². The number of hydrogen-bond acceptors (Lipinski definition) is 3. The Morgan fingerprint density at radius 1 is 0.778 bits per heavy atom. The largest absolute Gasteiger partial charge is 0.497 e. The van der Waals surface area contributed by atoms with E-state index in [4.69, 9.17) is 4.74 Å². The molecule has 1 aromatic heterocycles. The molecule has 1 heterocycles. The molecule has 4 aromatic rings. The SMILES string of the molecule is COc1ccc(N(Cc2ccccc2)Cc2cccc3cccnc23)cc1. The first-order valence-electron chi connectivity index (χ1n) is 9.09. The second-order valence-electron chi connectivity index (χ2n) is 6.53. The normalized spacial score (nSPS) is 10.7. The van der Waals surface area contributed by atoms with Crippen molar-refractivity contribution in [1.29, 1.82) is 0 Å². The van der Waals surface area contributed by atoms with Gasteiger partial charge >= 0.3 is 0 Å². The van der Waals surface area contributed by atoms with Gasteiger partial charge in [-0.25, -0.2) is 0 Å². The highest BCUT2D eigenvalue weighted by molar-refractivity contribution is 5.81. The van der Waals surface area contributed by atoms with E-state index in [1.165, 1.54) is 16.5 Å². The van der Waals surface area contributed by atoms with Crippen molar-refractivity contribution in [3.63, 3.8) is 0 Å². The summed E-state index contributed by atoms with van der Waals surface area (Å²) in [7, 11) is 1.69. The van der Waals surface area contributed by atoms with Crippen LogP contribution in [0.25, 0.3) is 10.9 Å². The Labute approximate surface area is 159 Å². The van der Waals surface area contributed by atoms with E-state index < -0.39 is 0 Å². The standard InChI is InChI=1S/C24H22N2O/c1-27-23-14-12-22(13-15-23)26(17-19-7-3-2-4-8-19)18-21-10-5-9-20-11-6-16-25-24(20)21/h2-16H,17-18H2,1H3. The summed E-state index contributed by atoms with van der Waals surface area (Å²) in [5.41, 5.74) is 4.72. The zero-order chi connectivity index (χ0) is 18.5. The van der Waals surface area contributed by atoms with Gasteiger partial charge in [-0.1, -0.05) is 54.6 Å². The van der Waals surface area contributed by atoms with E-state index in [1.807, 2.05) is 24.4 Å². The third kappa shape index (κ3) is 3.93. The first-order chi connectivity index (χ1) is 13.3. The summed E-state index contributed by atoms with van der Waals surface area (Å²) in [6.07, 6.45) is 1.86. The van der Waals surface area contributed by atoms with E-state index in [0.29, 0.717) is 0 Å². The second kappa shape index (κ2) is 7.92. The van der Waals surface area contributed by atoms with Gasteiger partial charge in [0.15, 0.2) is 0 Å². The van der Waals surface area contributed by atoms with Gasteiger partial charge in [0.25, 0.3) is 0 Å². The van der Waals surface area contributed by atoms with E-state index in [2.05, 4.69) is 76.6 Å². The molecule has 0 aliphatic rings. The summed E-state index contributed by atoms with van der Waals surface area (Å²) >= 11 is 0. The molecular formula is C24H22N2O. The smallest absolute Gasteiger partial charge is 0.119 e. The highest BCUT2D eigenvalue weighted by Crippen LogP contribution is 2.25. The molecule has 4 rings (SSSR count). The first-order valence-corrected chi connectivity index (χ1v) is 9.09. The average Bonchev–Trinajstić information content (AvgIpc) is 2.74. The third-order valence-corrected chi connectivity index (χ3v) is 4.73. The van der Waals surface area contributed by atoms with Gasteiger partial charge < -0.3 is 9.64 Å². The van der Waals surface area contributed by atoms with Crippen LogP contribution in [0.4, 0.5) is 5.69 Å². The van der Waals surface area contributed by atoms with Crippen LogP contribution in [0.3, 0.4) is 0 Å². The zero-order valence-electron chi connectivity index (χ0n) is 15.4. The number of pyridine rings is 1. The molecule has 134 valence electrons. The molecule has 0 N–H and O–H groups in total. The summed E-state index contributed by atoms with van der Waals surface area (Å²) in [6.45, 7) is 1.62. The minimum Gasteiger partial charge on any atom is -0.497 e. The predicted octanol–water partition coefficient (Wildman–Crippen LogP) is 5.45. The quantitative estimate of drug-likeness (QED) is 0.460. The molecule has 0 spiro atoms. The van der Waals surface area contributed by atoms with Crippen LogP contribution in [0.2, 0.25) is 0 Å². The molecule has 0 saturated heterocycles. The number of para-hydroxylation sites is 1. The van der Waals surface area contributed by atoms with Crippen molar-refractivity contribution in [2.75, 3.05) is 12.0 Å². The zero-order valence-corrected chi connectivity index (χ0v) is 15.4. The lowest BCUT2D eigenvalue weighted by atomic mass is 10.1. The van der Waals surface area contributed by atoms with Gasteiger partial charge in [-0.3, -0.25) is 4.98 Å². The topological polar surface area (TPSA) is 25.4 Å². The number of methoxy groups -OCH3 is 1. The number of ether oxygens (including phenoxy) is 1. The molecule has 0 aliphatic heterocycles. The lowest BCUT2D eigenvalue weighted by Crippen LogP contribution is -2.22. The molecule has 0 aliphatic carbocycles. The van der Waals surface area contributed by atoms with Crippen molar-refractivity contribution < 1.29 is 4.74 Å². The Hall–Kier alpha value is -3.33. The van der Waals surface area contributed by atoms with Gasteiger partial charge in [0.2, 0.25) is 0 Å². The van der Waals surface area contributed by atoms with E-state index in [1.54, 1.807) is 7.11 Å². The average molecular weight is 354 g/mol. The maximum absolute atomic E-state index is 5.31. The molecule has 3 nitrogen and oxygen atoms in total. The maximum Gasteiger partial charge on any atom is 0.119 e. The molecule has 0 amide bonds. The Bertz CT molecular complexity index is 1010. The van der Waals surface area contributed by atoms with Crippen molar-refractivity contribution in [2.45, 2.75) is 13.1 Å². The Morgan fingerprint density at radius 3 is 2.33 bits per heavy atom. The number of nitrogens with zero attached hydrogens (tertiary/aromatic N) is 2. The lowest BCUT2D eigenvalue weighted by molar-refractivity contribution is 0.415. The molecule has 0 fully saturated rings. The maximum atomic E-state index is 5.31. The highest BCUT2D eigenvalue weighted by Gasteiger charge is 2.11. The van der Waals surface area contributed by atoms with Gasteiger partial charge in [-0.15, -0.1) is 0 Å². The molecule has 3 heteroatoms. The third-order valence-electron chi connectivity index (χ3n) is 4.73. The molecule has 0 radical (unpaired) electrons. The molecule has 0 bridgehead atoms. The number of fused-ring (bicyclic) bond motifs is 1. The van der Waals surface area contributed by atoms with E-state index in [0.717, 1.165) is 30.0 Å². The van der Waals surface area contributed by atoms with Crippen molar-refractivity contribution in [1.82, 2.24) is 4.98 Å². The number of aromatic nitrogens is 1. The monoisotopic (exact) mass is 354 g/mol. The fraction of sp³-hybridized carbons (Fsp3) is 0.125. The minimum absolute atomic E-state index is 0.787. The Morgan fingerprint density at radius 2 is 1.56 bits per heavy atom. The number of anilines is 1. The fourth-order valence-corrected chi connectivity index (χ4v) is 3.34. The van der Waals surface area contributed by atoms with Crippen molar-refractivity contribution in [3.05, 3.63) is 102 Å². The molecule has 0 unspecified atom stereocenters. The van der Waals surface area contributed by atoms with Gasteiger partial charge in [0.05, 0.1) is 12.6 Å². The minimum atomic E-state index is 0.787. The fourth-order valence-electron chi connectivity index (χ4n) is 3.34. The number of rotatable bonds is 6. The van der Waals surface area contributed by atoms with Crippen LogP contribution in [0.5, 0.6) is 5.75 Å². The molecule has 3 aromatic carbocycles. The van der Waals surface area contributed by atoms with Gasteiger partial charge in [0.1, 0.15) is 5.75 Å². The Kier molecular flexibility index (Phi) is 5.01. The van der Waals surface area contributed by atoms with Gasteiger partial charge in [-0.05, 0) is 41.5 Å². The number of hydrogen-bond donors (Lipinski definition) is 0. The van der Waals surface area contributed by atoms with Crippen LogP contribution in [-0.4, -0.2) is 12.1 Å². The molecule has 27 heavy (non-hydrogen) atoms.